The summed E-state index contributed by atoms with van der Waals surface area (Å²) in [4.78, 5) is 11.5. The maximum atomic E-state index is 11.5. The van der Waals surface area contributed by atoms with Crippen LogP contribution in [0.4, 0.5) is 4.79 Å². The number of amides is 1. The van der Waals surface area contributed by atoms with Crippen molar-refractivity contribution in [2.24, 2.45) is 0 Å². The molecule has 1 fully saturated rings. The lowest BCUT2D eigenvalue weighted by Gasteiger charge is -2.51. The SMILES string of the molecule is CC(C)(C)OC(=O)NC1(CO)CC(O)(CO)C1. The van der Waals surface area contributed by atoms with Crippen molar-refractivity contribution < 1.29 is 24.9 Å². The minimum atomic E-state index is -1.21. The number of carbonyl (C=O) groups is 1. The van der Waals surface area contributed by atoms with Crippen molar-refractivity contribution in [1.29, 1.82) is 0 Å². The fraction of sp³-hybridized carbons (Fsp3) is 0.909. The second kappa shape index (κ2) is 4.44. The maximum Gasteiger partial charge on any atom is 0.408 e. The third kappa shape index (κ3) is 3.55. The summed E-state index contributed by atoms with van der Waals surface area (Å²) in [6.45, 7) is 4.54. The smallest absolute Gasteiger partial charge is 0.408 e. The van der Waals surface area contributed by atoms with Crippen LogP contribution in [0.25, 0.3) is 0 Å². The van der Waals surface area contributed by atoms with Gasteiger partial charge in [0.05, 0.1) is 24.4 Å². The minimum Gasteiger partial charge on any atom is -0.444 e. The third-order valence-corrected chi connectivity index (χ3v) is 2.70. The molecule has 100 valence electrons. The predicted molar refractivity (Wildman–Crippen MR) is 60.5 cm³/mol. The number of hydrogen-bond acceptors (Lipinski definition) is 5. The second-order valence-electron chi connectivity index (χ2n) is 5.80. The monoisotopic (exact) mass is 247 g/mol. The number of hydrogen-bond donors (Lipinski definition) is 4. The fourth-order valence-corrected chi connectivity index (χ4v) is 2.08. The molecule has 0 saturated heterocycles. The quantitative estimate of drug-likeness (QED) is 0.551. The van der Waals surface area contributed by atoms with Gasteiger partial charge in [-0.1, -0.05) is 0 Å². The zero-order valence-corrected chi connectivity index (χ0v) is 10.5. The van der Waals surface area contributed by atoms with Crippen molar-refractivity contribution in [2.45, 2.75) is 50.4 Å². The highest BCUT2D eigenvalue weighted by Gasteiger charge is 2.54. The summed E-state index contributed by atoms with van der Waals surface area (Å²) in [6.07, 6.45) is -0.398. The van der Waals surface area contributed by atoms with Crippen LogP contribution in [0.5, 0.6) is 0 Å². The molecular formula is C11H21NO5. The van der Waals surface area contributed by atoms with Gasteiger partial charge in [0, 0.05) is 12.8 Å². The third-order valence-electron chi connectivity index (χ3n) is 2.70. The molecule has 1 aliphatic carbocycles. The first-order valence-electron chi connectivity index (χ1n) is 5.59. The van der Waals surface area contributed by atoms with Gasteiger partial charge in [-0.3, -0.25) is 0 Å². The molecule has 0 unspecified atom stereocenters. The highest BCUT2D eigenvalue weighted by molar-refractivity contribution is 5.69. The number of carbonyl (C=O) groups excluding carboxylic acids is 1. The fourth-order valence-electron chi connectivity index (χ4n) is 2.08. The summed E-state index contributed by atoms with van der Waals surface area (Å²) in [7, 11) is 0. The Morgan fingerprint density at radius 3 is 2.18 bits per heavy atom. The average molecular weight is 247 g/mol. The van der Waals surface area contributed by atoms with Crippen molar-refractivity contribution in [3.05, 3.63) is 0 Å². The first-order chi connectivity index (χ1) is 7.64. The van der Waals surface area contributed by atoms with Gasteiger partial charge in [-0.2, -0.15) is 0 Å². The van der Waals surface area contributed by atoms with E-state index >= 15 is 0 Å². The highest BCUT2D eigenvalue weighted by atomic mass is 16.6. The van der Waals surface area contributed by atoms with E-state index in [0.29, 0.717) is 0 Å². The Bertz CT molecular complexity index is 291. The predicted octanol–water partition coefficient (Wildman–Crippen LogP) is -0.241. The number of aliphatic hydroxyl groups is 3. The van der Waals surface area contributed by atoms with E-state index in [2.05, 4.69) is 5.32 Å². The molecule has 0 spiro atoms. The maximum absolute atomic E-state index is 11.5. The molecule has 0 heterocycles. The lowest BCUT2D eigenvalue weighted by molar-refractivity contribution is -0.139. The molecule has 1 rings (SSSR count). The van der Waals surface area contributed by atoms with Gasteiger partial charge in [-0.15, -0.1) is 0 Å². The van der Waals surface area contributed by atoms with Crippen molar-refractivity contribution in [3.8, 4) is 0 Å². The van der Waals surface area contributed by atoms with Crippen LogP contribution >= 0.6 is 0 Å². The van der Waals surface area contributed by atoms with E-state index < -0.39 is 22.8 Å². The Hall–Kier alpha value is -0.850. The Morgan fingerprint density at radius 1 is 1.29 bits per heavy atom. The Morgan fingerprint density at radius 2 is 1.82 bits per heavy atom. The van der Waals surface area contributed by atoms with E-state index in [-0.39, 0.29) is 26.1 Å². The molecule has 0 aromatic heterocycles. The zero-order chi connectivity index (χ0) is 13.3. The lowest BCUT2D eigenvalue weighted by Crippen LogP contribution is -2.68. The van der Waals surface area contributed by atoms with E-state index in [0.717, 1.165) is 0 Å². The molecule has 0 atom stereocenters. The van der Waals surface area contributed by atoms with Gasteiger partial charge in [0.25, 0.3) is 0 Å². The van der Waals surface area contributed by atoms with Crippen LogP contribution in [0, 0.1) is 0 Å². The zero-order valence-electron chi connectivity index (χ0n) is 10.5. The Labute approximate surface area is 101 Å². The van der Waals surface area contributed by atoms with Gasteiger partial charge < -0.3 is 25.4 Å². The summed E-state index contributed by atoms with van der Waals surface area (Å²) in [5.41, 5.74) is -2.71. The van der Waals surface area contributed by atoms with Gasteiger partial charge in [-0.05, 0) is 20.8 Å². The van der Waals surface area contributed by atoms with E-state index in [1.54, 1.807) is 20.8 Å². The van der Waals surface area contributed by atoms with E-state index in [9.17, 15) is 15.0 Å². The van der Waals surface area contributed by atoms with Crippen LogP contribution in [0.3, 0.4) is 0 Å². The van der Waals surface area contributed by atoms with E-state index in [1.165, 1.54) is 0 Å². The summed E-state index contributed by atoms with van der Waals surface area (Å²) >= 11 is 0. The van der Waals surface area contributed by atoms with Gasteiger partial charge in [0.1, 0.15) is 5.60 Å². The normalized spacial score (nSPS) is 32.8. The molecular weight excluding hydrogens is 226 g/mol. The summed E-state index contributed by atoms with van der Waals surface area (Å²) in [6, 6.07) is 0. The Balaban J connectivity index is 2.53. The average Bonchev–Trinajstić information content (AvgIpc) is 2.11. The molecule has 0 aromatic rings. The van der Waals surface area contributed by atoms with Crippen LogP contribution in [0.2, 0.25) is 0 Å². The molecule has 1 aliphatic rings. The molecule has 0 aliphatic heterocycles. The topological polar surface area (TPSA) is 99.0 Å². The number of aliphatic hydroxyl groups excluding tert-OH is 2. The number of alkyl carbamates (subject to hydrolysis) is 1. The first kappa shape index (κ1) is 14.2. The number of rotatable bonds is 3. The van der Waals surface area contributed by atoms with Crippen LogP contribution in [-0.4, -0.2) is 51.4 Å². The van der Waals surface area contributed by atoms with E-state index in [1.807, 2.05) is 0 Å². The molecule has 6 nitrogen and oxygen atoms in total. The van der Waals surface area contributed by atoms with Crippen molar-refractivity contribution in [3.63, 3.8) is 0 Å². The molecule has 17 heavy (non-hydrogen) atoms. The summed E-state index contributed by atoms with van der Waals surface area (Å²) < 4.78 is 5.07. The lowest BCUT2D eigenvalue weighted by atomic mass is 9.65. The van der Waals surface area contributed by atoms with Crippen LogP contribution in [-0.2, 0) is 4.74 Å². The molecule has 0 bridgehead atoms. The van der Waals surface area contributed by atoms with Crippen LogP contribution in [0.1, 0.15) is 33.6 Å². The highest BCUT2D eigenvalue weighted by Crippen LogP contribution is 2.40. The molecule has 0 aromatic carbocycles. The largest absolute Gasteiger partial charge is 0.444 e. The molecule has 0 radical (unpaired) electrons. The number of nitrogens with one attached hydrogen (secondary N) is 1. The first-order valence-corrected chi connectivity index (χ1v) is 5.59. The van der Waals surface area contributed by atoms with E-state index in [4.69, 9.17) is 9.84 Å². The van der Waals surface area contributed by atoms with Gasteiger partial charge in [-0.25, -0.2) is 4.79 Å². The second-order valence-corrected chi connectivity index (χ2v) is 5.80. The number of ether oxygens (including phenoxy) is 1. The molecule has 1 amide bonds. The van der Waals surface area contributed by atoms with Crippen molar-refractivity contribution in [1.82, 2.24) is 5.32 Å². The standard InChI is InChI=1S/C11H21NO5/c1-9(2,3)17-8(15)12-10(6-13)4-11(16,5-10)7-14/h13-14,16H,4-7H2,1-3H3,(H,12,15). The van der Waals surface area contributed by atoms with Crippen molar-refractivity contribution >= 4 is 6.09 Å². The minimum absolute atomic E-state index is 0.117. The van der Waals surface area contributed by atoms with Gasteiger partial charge in [0.15, 0.2) is 0 Å². The van der Waals surface area contributed by atoms with Crippen LogP contribution in [0.15, 0.2) is 0 Å². The van der Waals surface area contributed by atoms with Crippen molar-refractivity contribution in [2.75, 3.05) is 13.2 Å². The molecule has 4 N–H and O–H groups in total. The summed E-state index contributed by atoms with van der Waals surface area (Å²) in [5.74, 6) is 0. The Kier molecular flexibility index (Phi) is 3.71. The van der Waals surface area contributed by atoms with Gasteiger partial charge >= 0.3 is 6.09 Å². The molecule has 1 saturated carbocycles. The summed E-state index contributed by atoms with van der Waals surface area (Å²) in [5, 5.41) is 30.4. The van der Waals surface area contributed by atoms with Gasteiger partial charge in [0.2, 0.25) is 0 Å². The molecule has 6 heteroatoms. The van der Waals surface area contributed by atoms with Crippen LogP contribution < -0.4 is 5.32 Å².